The van der Waals surface area contributed by atoms with Gasteiger partial charge in [-0.1, -0.05) is 159 Å². The van der Waals surface area contributed by atoms with Crippen molar-refractivity contribution < 1.29 is 20.1 Å². The third-order valence-corrected chi connectivity index (χ3v) is 15.8. The minimum Gasteiger partial charge on any atom is -0.305 e. The topological polar surface area (TPSA) is 38.7 Å². The number of pyridine rings is 3. The van der Waals surface area contributed by atoms with Crippen LogP contribution < -0.4 is 5.19 Å². The van der Waals surface area contributed by atoms with Crippen LogP contribution >= 0.6 is 11.3 Å². The molecule has 0 N–H and O–H groups in total. The summed E-state index contributed by atoms with van der Waals surface area (Å²) in [6.45, 7) is 15.7. The average Bonchev–Trinajstić information content (AvgIpc) is 3.93. The standard InChI is InChI=1S/C31H23N2S.C27H32NSi.Ir/c1-19-13-29(32-18-28(19)22-7-5-4-6-8-22)24-10-12-30-27(16-24)26-11-9-23(17-31(26)34-30)25-14-20(2)33-21(3)15-25;1-20-16-23(14-15-25(20)22-12-6-5-7-13-22)26-18-24(17-21-10-8-9-11-21)27(19-28-26)29(2,3)4;/h4-9,11-18H,1-3H3;5-7,12-13,15-16,18-19,21H,8-11,17H2,1-4H3;/q2*-1;. The first kappa shape index (κ1) is 45.2. The smallest absolute Gasteiger partial charge is 0.0798 e. The van der Waals surface area contributed by atoms with Crippen molar-refractivity contribution in [3.63, 3.8) is 0 Å². The number of aromatic nitrogens is 3. The molecule has 1 saturated carbocycles. The Balaban J connectivity index is 0.000000175. The molecule has 0 unspecified atom stereocenters. The van der Waals surface area contributed by atoms with Crippen LogP contribution in [0.15, 0.2) is 140 Å². The molecule has 4 aromatic heterocycles. The molecule has 10 rings (SSSR count). The Labute approximate surface area is 398 Å². The summed E-state index contributed by atoms with van der Waals surface area (Å²) in [5.41, 5.74) is 17.6. The molecule has 4 heterocycles. The number of rotatable bonds is 8. The Hall–Kier alpha value is -5.36. The Bertz CT molecular complexity index is 3050. The molecule has 6 heteroatoms. The summed E-state index contributed by atoms with van der Waals surface area (Å²) in [4.78, 5) is 14.2. The maximum Gasteiger partial charge on any atom is 0.0798 e. The Morgan fingerprint density at radius 2 is 1.19 bits per heavy atom. The van der Waals surface area contributed by atoms with Gasteiger partial charge in [-0.25, -0.2) is 0 Å². The summed E-state index contributed by atoms with van der Waals surface area (Å²) in [5.74, 6) is 0.853. The molecule has 3 nitrogen and oxygen atoms in total. The molecule has 64 heavy (non-hydrogen) atoms. The van der Waals surface area contributed by atoms with Crippen molar-refractivity contribution in [2.75, 3.05) is 0 Å². The fourth-order valence-electron chi connectivity index (χ4n) is 9.36. The predicted molar refractivity (Wildman–Crippen MR) is 272 cm³/mol. The molecular formula is C58H55IrN3SSi-2. The van der Waals surface area contributed by atoms with Crippen LogP contribution in [0.1, 0.15) is 53.8 Å². The summed E-state index contributed by atoms with van der Waals surface area (Å²) in [5, 5.41) is 4.07. The van der Waals surface area contributed by atoms with Crippen molar-refractivity contribution in [3.8, 4) is 55.9 Å². The Morgan fingerprint density at radius 3 is 1.84 bits per heavy atom. The van der Waals surface area contributed by atoms with Crippen molar-refractivity contribution in [3.05, 3.63) is 180 Å². The molecule has 1 aliphatic rings. The van der Waals surface area contributed by atoms with Gasteiger partial charge in [-0.15, -0.1) is 53.1 Å². The molecule has 9 aromatic rings. The molecule has 0 atom stereocenters. The van der Waals surface area contributed by atoms with Crippen molar-refractivity contribution in [2.24, 2.45) is 5.92 Å². The van der Waals surface area contributed by atoms with Crippen LogP contribution in [0.4, 0.5) is 0 Å². The third-order valence-electron chi connectivity index (χ3n) is 12.6. The molecule has 1 radical (unpaired) electrons. The molecule has 0 amide bonds. The van der Waals surface area contributed by atoms with Crippen LogP contribution in [0.5, 0.6) is 0 Å². The van der Waals surface area contributed by atoms with Gasteiger partial charge in [-0.05, 0) is 100 Å². The number of fused-ring (bicyclic) bond motifs is 3. The van der Waals surface area contributed by atoms with E-state index in [9.17, 15) is 0 Å². The first-order chi connectivity index (χ1) is 30.5. The zero-order valence-corrected chi connectivity index (χ0v) is 42.2. The molecule has 1 fully saturated rings. The van der Waals surface area contributed by atoms with Crippen molar-refractivity contribution in [1.82, 2.24) is 15.0 Å². The van der Waals surface area contributed by atoms with E-state index in [1.807, 2.05) is 37.4 Å². The second-order valence-corrected chi connectivity index (χ2v) is 24.6. The summed E-state index contributed by atoms with van der Waals surface area (Å²) in [6.07, 6.45) is 11.0. The van der Waals surface area contributed by atoms with Gasteiger partial charge in [0.2, 0.25) is 0 Å². The molecule has 0 aliphatic heterocycles. The summed E-state index contributed by atoms with van der Waals surface area (Å²) in [7, 11) is -1.41. The van der Waals surface area contributed by atoms with E-state index in [1.165, 1.54) is 102 Å². The SMILES string of the molecule is Cc1cc(-c2cc(CC3CCCC3)c([Si](C)(C)C)cn2)[c-]cc1-c1ccccc1.Cc1cc(-c2ccc3c(c2)sc2c[c-]c(-c4cc(C)c(-c5ccccc5)cn4)cc23)cc(C)n1.[Ir]. The molecule has 0 bridgehead atoms. The van der Waals surface area contributed by atoms with Gasteiger partial charge in [0.05, 0.1) is 8.07 Å². The largest absolute Gasteiger partial charge is 0.305 e. The molecule has 5 aromatic carbocycles. The number of hydrogen-bond donors (Lipinski definition) is 0. The summed E-state index contributed by atoms with van der Waals surface area (Å²) < 4.78 is 2.53. The fourth-order valence-corrected chi connectivity index (χ4v) is 12.1. The predicted octanol–water partition coefficient (Wildman–Crippen LogP) is 15.4. The van der Waals surface area contributed by atoms with Gasteiger partial charge in [0, 0.05) is 54.2 Å². The molecular weight excluding hydrogens is 991 g/mol. The van der Waals surface area contributed by atoms with E-state index in [0.29, 0.717) is 0 Å². The second kappa shape index (κ2) is 19.4. The Kier molecular flexibility index (Phi) is 13.7. The monoisotopic (exact) mass is 1050 g/mol. The molecule has 0 saturated heterocycles. The van der Waals surface area contributed by atoms with Gasteiger partial charge in [-0.3, -0.25) is 4.98 Å². The molecule has 1 aliphatic carbocycles. The maximum absolute atomic E-state index is 4.90. The van der Waals surface area contributed by atoms with Crippen LogP contribution in [0.2, 0.25) is 19.6 Å². The van der Waals surface area contributed by atoms with E-state index < -0.39 is 8.07 Å². The van der Waals surface area contributed by atoms with Crippen LogP contribution in [0, 0.1) is 45.7 Å². The number of thiophene rings is 1. The van der Waals surface area contributed by atoms with E-state index in [-0.39, 0.29) is 20.1 Å². The van der Waals surface area contributed by atoms with Crippen LogP contribution in [-0.2, 0) is 26.5 Å². The van der Waals surface area contributed by atoms with E-state index >= 15 is 0 Å². The molecule has 0 spiro atoms. The zero-order valence-electron chi connectivity index (χ0n) is 38.0. The first-order valence-corrected chi connectivity index (χ1v) is 26.7. The number of hydrogen-bond acceptors (Lipinski definition) is 4. The van der Waals surface area contributed by atoms with Gasteiger partial charge in [0.15, 0.2) is 0 Å². The maximum atomic E-state index is 4.90. The van der Waals surface area contributed by atoms with Crippen molar-refractivity contribution >= 4 is 44.8 Å². The van der Waals surface area contributed by atoms with Gasteiger partial charge in [0.25, 0.3) is 0 Å². The van der Waals surface area contributed by atoms with Gasteiger partial charge in [-0.2, -0.15) is 11.3 Å². The van der Waals surface area contributed by atoms with E-state index in [1.54, 1.807) is 5.56 Å². The zero-order chi connectivity index (χ0) is 43.7. The minimum absolute atomic E-state index is 0. The van der Waals surface area contributed by atoms with Crippen LogP contribution in [-0.4, -0.2) is 23.0 Å². The van der Waals surface area contributed by atoms with Crippen molar-refractivity contribution in [2.45, 2.75) is 79.4 Å². The number of nitrogens with zero attached hydrogens (tertiary/aromatic N) is 3. The Morgan fingerprint density at radius 1 is 0.578 bits per heavy atom. The fraction of sp³-hybridized carbons (Fsp3) is 0.224. The number of benzene rings is 5. The minimum atomic E-state index is -1.41. The van der Waals surface area contributed by atoms with Gasteiger partial charge in [0.1, 0.15) is 0 Å². The normalized spacial score (nSPS) is 12.9. The number of aryl methyl sites for hydroxylation is 4. The summed E-state index contributed by atoms with van der Waals surface area (Å²) in [6, 6.07) is 52.3. The van der Waals surface area contributed by atoms with E-state index in [2.05, 4.69) is 178 Å². The van der Waals surface area contributed by atoms with E-state index in [4.69, 9.17) is 9.97 Å². The average molecular weight is 1050 g/mol. The van der Waals surface area contributed by atoms with Crippen LogP contribution in [0.25, 0.3) is 76.1 Å². The second-order valence-electron chi connectivity index (χ2n) is 18.5. The van der Waals surface area contributed by atoms with Gasteiger partial charge >= 0.3 is 0 Å². The first-order valence-electron chi connectivity index (χ1n) is 22.4. The van der Waals surface area contributed by atoms with Gasteiger partial charge < -0.3 is 9.97 Å². The third kappa shape index (κ3) is 9.97. The molecule has 323 valence electrons. The van der Waals surface area contributed by atoms with Crippen molar-refractivity contribution in [1.29, 1.82) is 0 Å². The van der Waals surface area contributed by atoms with E-state index in [0.717, 1.165) is 39.8 Å². The quantitative estimate of drug-likeness (QED) is 0.112. The van der Waals surface area contributed by atoms with Crippen LogP contribution in [0.3, 0.4) is 0 Å². The summed E-state index contributed by atoms with van der Waals surface area (Å²) >= 11 is 1.82.